The molecule has 0 fully saturated rings. The average Bonchev–Trinajstić information content (AvgIpc) is 2.75. The molecule has 1 atom stereocenters. The first-order chi connectivity index (χ1) is 8.20. The Bertz CT molecular complexity index is 391. The Kier molecular flexibility index (Phi) is 3.75. The van der Waals surface area contributed by atoms with E-state index in [0.29, 0.717) is 19.7 Å². The number of rotatable bonds is 5. The fourth-order valence-electron chi connectivity index (χ4n) is 2.02. The lowest BCUT2D eigenvalue weighted by atomic mass is 10.3. The molecule has 1 N–H and O–H groups in total. The summed E-state index contributed by atoms with van der Waals surface area (Å²) in [5.41, 5.74) is 0. The highest BCUT2D eigenvalue weighted by atomic mass is 16.5. The van der Waals surface area contributed by atoms with E-state index in [1.54, 1.807) is 13.1 Å². The Hall–Kier alpha value is -1.40. The molecule has 17 heavy (non-hydrogen) atoms. The van der Waals surface area contributed by atoms with Gasteiger partial charge in [0.2, 0.25) is 0 Å². The highest BCUT2D eigenvalue weighted by Crippen LogP contribution is 2.11. The fourth-order valence-corrected chi connectivity index (χ4v) is 2.02. The molecule has 1 aromatic heterocycles. The highest BCUT2D eigenvalue weighted by molar-refractivity contribution is 5.72. The largest absolute Gasteiger partial charge is 0.479 e. The summed E-state index contributed by atoms with van der Waals surface area (Å²) in [7, 11) is 0. The van der Waals surface area contributed by atoms with Gasteiger partial charge in [-0.15, -0.1) is 0 Å². The molecular formula is C11H17N3O3. The molecule has 1 aliphatic heterocycles. The van der Waals surface area contributed by atoms with Gasteiger partial charge in [0.25, 0.3) is 0 Å². The van der Waals surface area contributed by atoms with E-state index in [9.17, 15) is 4.79 Å². The van der Waals surface area contributed by atoms with Gasteiger partial charge < -0.3 is 14.4 Å². The van der Waals surface area contributed by atoms with E-state index in [-0.39, 0.29) is 0 Å². The van der Waals surface area contributed by atoms with Crippen LogP contribution in [0.5, 0.6) is 0 Å². The normalized spacial score (nSPS) is 17.7. The lowest BCUT2D eigenvalue weighted by molar-refractivity contribution is -0.151. The quantitative estimate of drug-likeness (QED) is 0.794. The molecular weight excluding hydrogens is 222 g/mol. The van der Waals surface area contributed by atoms with E-state index in [1.165, 1.54) is 0 Å². The molecule has 0 aromatic carbocycles. The Morgan fingerprint density at radius 1 is 1.65 bits per heavy atom. The number of carboxylic acid groups (broad SMARTS) is 1. The Labute approximate surface area is 99.8 Å². The molecule has 0 amide bonds. The van der Waals surface area contributed by atoms with E-state index in [1.807, 2.05) is 6.20 Å². The molecule has 0 saturated carbocycles. The van der Waals surface area contributed by atoms with Crippen molar-refractivity contribution in [1.29, 1.82) is 0 Å². The van der Waals surface area contributed by atoms with Crippen molar-refractivity contribution in [2.75, 3.05) is 19.7 Å². The lowest BCUT2D eigenvalue weighted by Gasteiger charge is -2.29. The molecule has 0 aliphatic carbocycles. The van der Waals surface area contributed by atoms with E-state index in [4.69, 9.17) is 9.84 Å². The monoisotopic (exact) mass is 239 g/mol. The summed E-state index contributed by atoms with van der Waals surface area (Å²) < 4.78 is 7.30. The Morgan fingerprint density at radius 3 is 3.18 bits per heavy atom. The third kappa shape index (κ3) is 2.83. The summed E-state index contributed by atoms with van der Waals surface area (Å²) in [5.74, 6) is 0.0812. The Balaban J connectivity index is 1.94. The van der Waals surface area contributed by atoms with Gasteiger partial charge in [0, 0.05) is 38.6 Å². The second-order valence-corrected chi connectivity index (χ2v) is 4.05. The van der Waals surface area contributed by atoms with Crippen LogP contribution in [0.2, 0.25) is 0 Å². The van der Waals surface area contributed by atoms with Crippen LogP contribution in [0.1, 0.15) is 12.7 Å². The predicted molar refractivity (Wildman–Crippen MR) is 60.6 cm³/mol. The van der Waals surface area contributed by atoms with Crippen LogP contribution in [0, 0.1) is 0 Å². The van der Waals surface area contributed by atoms with Crippen LogP contribution in [0.15, 0.2) is 12.4 Å². The van der Waals surface area contributed by atoms with Crippen molar-refractivity contribution in [3.05, 3.63) is 18.2 Å². The van der Waals surface area contributed by atoms with Gasteiger partial charge in [0.05, 0.1) is 6.54 Å². The number of hydrogen-bond donors (Lipinski definition) is 1. The summed E-state index contributed by atoms with van der Waals surface area (Å²) in [4.78, 5) is 17.3. The maximum Gasteiger partial charge on any atom is 0.334 e. The minimum absolute atomic E-state index is 0.413. The molecule has 2 heterocycles. The first-order valence-corrected chi connectivity index (χ1v) is 5.77. The molecule has 6 nitrogen and oxygen atoms in total. The minimum atomic E-state index is -0.902. The highest BCUT2D eigenvalue weighted by Gasteiger charge is 2.24. The van der Waals surface area contributed by atoms with Gasteiger partial charge in [-0.3, -0.25) is 4.90 Å². The first-order valence-electron chi connectivity index (χ1n) is 5.77. The van der Waals surface area contributed by atoms with Crippen LogP contribution in [-0.4, -0.2) is 51.3 Å². The summed E-state index contributed by atoms with van der Waals surface area (Å²) >= 11 is 0. The second kappa shape index (κ2) is 5.29. The molecule has 0 spiro atoms. The molecule has 1 aromatic rings. The summed E-state index contributed by atoms with van der Waals surface area (Å²) in [6, 6.07) is 0. The maximum atomic E-state index is 11.0. The van der Waals surface area contributed by atoms with Crippen molar-refractivity contribution >= 4 is 5.97 Å². The van der Waals surface area contributed by atoms with Crippen molar-refractivity contribution < 1.29 is 14.6 Å². The van der Waals surface area contributed by atoms with Gasteiger partial charge in [0.15, 0.2) is 6.10 Å². The number of carboxylic acids is 1. The number of ether oxygens (including phenoxy) is 1. The van der Waals surface area contributed by atoms with Gasteiger partial charge >= 0.3 is 5.97 Å². The maximum absolute atomic E-state index is 11.0. The third-order valence-corrected chi connectivity index (χ3v) is 2.89. The number of carbonyl (C=O) groups is 1. The molecule has 1 unspecified atom stereocenters. The first kappa shape index (κ1) is 12.1. The summed E-state index contributed by atoms with van der Waals surface area (Å²) in [6.07, 6.45) is 2.97. The SMILES string of the molecule is CCOC(CN1CCn2ccnc2C1)C(=O)O. The van der Waals surface area contributed by atoms with E-state index in [2.05, 4.69) is 14.5 Å². The van der Waals surface area contributed by atoms with Crippen molar-refractivity contribution in [3.63, 3.8) is 0 Å². The summed E-state index contributed by atoms with van der Waals surface area (Å²) in [5, 5.41) is 9.02. The fraction of sp³-hybridized carbons (Fsp3) is 0.636. The van der Waals surface area contributed by atoms with E-state index < -0.39 is 12.1 Å². The van der Waals surface area contributed by atoms with Crippen molar-refractivity contribution in [2.24, 2.45) is 0 Å². The van der Waals surface area contributed by atoms with Gasteiger partial charge in [-0.1, -0.05) is 0 Å². The van der Waals surface area contributed by atoms with Crippen LogP contribution in [0.25, 0.3) is 0 Å². The van der Waals surface area contributed by atoms with Gasteiger partial charge in [0.1, 0.15) is 5.82 Å². The van der Waals surface area contributed by atoms with Crippen LogP contribution in [0.4, 0.5) is 0 Å². The molecule has 6 heteroatoms. The molecule has 2 rings (SSSR count). The Morgan fingerprint density at radius 2 is 2.47 bits per heavy atom. The van der Waals surface area contributed by atoms with Crippen LogP contribution in [-0.2, 0) is 22.6 Å². The third-order valence-electron chi connectivity index (χ3n) is 2.89. The van der Waals surface area contributed by atoms with E-state index >= 15 is 0 Å². The van der Waals surface area contributed by atoms with E-state index in [0.717, 1.165) is 18.9 Å². The standard InChI is InChI=1S/C11H17N3O3/c1-2-17-9(11(15)16)7-13-5-6-14-4-3-12-10(14)8-13/h3-4,9H,2,5-8H2,1H3,(H,15,16). The molecule has 1 aliphatic rings. The predicted octanol–water partition coefficient (Wildman–Crippen LogP) is 0.188. The van der Waals surface area contributed by atoms with Crippen molar-refractivity contribution in [1.82, 2.24) is 14.5 Å². The van der Waals surface area contributed by atoms with Crippen molar-refractivity contribution in [3.8, 4) is 0 Å². The van der Waals surface area contributed by atoms with Crippen LogP contribution >= 0.6 is 0 Å². The molecule has 0 radical (unpaired) electrons. The smallest absolute Gasteiger partial charge is 0.334 e. The average molecular weight is 239 g/mol. The van der Waals surface area contributed by atoms with Crippen molar-refractivity contribution in [2.45, 2.75) is 26.1 Å². The van der Waals surface area contributed by atoms with Gasteiger partial charge in [-0.2, -0.15) is 0 Å². The number of imidazole rings is 1. The number of fused-ring (bicyclic) bond motifs is 1. The number of nitrogens with zero attached hydrogens (tertiary/aromatic N) is 3. The summed E-state index contributed by atoms with van der Waals surface area (Å²) in [6.45, 7) is 5.01. The zero-order chi connectivity index (χ0) is 12.3. The topological polar surface area (TPSA) is 67.6 Å². The molecule has 94 valence electrons. The lowest BCUT2D eigenvalue weighted by Crippen LogP contribution is -2.42. The molecule has 0 bridgehead atoms. The van der Waals surface area contributed by atoms with Gasteiger partial charge in [-0.25, -0.2) is 9.78 Å². The van der Waals surface area contributed by atoms with Crippen LogP contribution in [0.3, 0.4) is 0 Å². The number of aliphatic carboxylic acids is 1. The zero-order valence-electron chi connectivity index (χ0n) is 9.87. The van der Waals surface area contributed by atoms with Crippen LogP contribution < -0.4 is 0 Å². The number of aromatic nitrogens is 2. The molecule has 0 saturated heterocycles. The van der Waals surface area contributed by atoms with Gasteiger partial charge in [-0.05, 0) is 6.92 Å². The second-order valence-electron chi connectivity index (χ2n) is 4.05. The minimum Gasteiger partial charge on any atom is -0.479 e. The zero-order valence-corrected chi connectivity index (χ0v) is 9.87. The number of hydrogen-bond acceptors (Lipinski definition) is 4.